The average molecular weight is 372 g/mol. The molecule has 1 saturated heterocycles. The third-order valence-corrected chi connectivity index (χ3v) is 4.49. The summed E-state index contributed by atoms with van der Waals surface area (Å²) in [6.45, 7) is 1.82. The second kappa shape index (κ2) is 8.17. The molecule has 1 aromatic heterocycles. The third kappa shape index (κ3) is 4.62. The molecule has 1 aliphatic rings. The van der Waals surface area contributed by atoms with Crippen LogP contribution < -0.4 is 10.1 Å². The first-order valence-corrected chi connectivity index (χ1v) is 8.76. The number of carbonyl (C=O) groups excluding carboxylic acids is 2. The van der Waals surface area contributed by atoms with Gasteiger partial charge in [-0.15, -0.1) is 5.10 Å². The van der Waals surface area contributed by atoms with Crippen LogP contribution in [0.5, 0.6) is 5.75 Å². The summed E-state index contributed by atoms with van der Waals surface area (Å²) in [6, 6.07) is 7.34. The number of ether oxygens (including phenoxy) is 1. The Balaban J connectivity index is 1.58. The Hall–Kier alpha value is -2.94. The normalized spacial score (nSPS) is 16.8. The number of hydrogen-bond donors (Lipinski definition) is 2. The Morgan fingerprint density at radius 1 is 1.37 bits per heavy atom. The molecule has 0 radical (unpaired) electrons. The van der Waals surface area contributed by atoms with Gasteiger partial charge >= 0.3 is 0 Å². The first-order chi connectivity index (χ1) is 13.0. The van der Waals surface area contributed by atoms with Gasteiger partial charge in [0.2, 0.25) is 17.8 Å². The predicted molar refractivity (Wildman–Crippen MR) is 100 cm³/mol. The summed E-state index contributed by atoms with van der Waals surface area (Å²) in [4.78, 5) is 32.6. The number of benzene rings is 1. The topological polar surface area (TPSA) is 103 Å². The zero-order valence-corrected chi connectivity index (χ0v) is 15.7. The van der Waals surface area contributed by atoms with E-state index in [9.17, 15) is 9.59 Å². The van der Waals surface area contributed by atoms with Crippen LogP contribution in [0.1, 0.15) is 6.42 Å². The molecule has 1 atom stereocenters. The number of nitrogens with one attached hydrogen (secondary N) is 2. The first kappa shape index (κ1) is 18.8. The fraction of sp³-hybridized carbons (Fsp3) is 0.444. The van der Waals surface area contributed by atoms with Crippen LogP contribution in [0.3, 0.4) is 0 Å². The van der Waals surface area contributed by atoms with Crippen molar-refractivity contribution < 1.29 is 14.3 Å². The lowest BCUT2D eigenvalue weighted by Crippen LogP contribution is -2.34. The lowest BCUT2D eigenvalue weighted by Gasteiger charge is -2.18. The van der Waals surface area contributed by atoms with Gasteiger partial charge < -0.3 is 14.5 Å². The quantitative estimate of drug-likeness (QED) is 0.746. The molecule has 0 bridgehead atoms. The number of rotatable bonds is 7. The molecule has 9 nitrogen and oxygen atoms in total. The Morgan fingerprint density at radius 3 is 2.78 bits per heavy atom. The minimum atomic E-state index is -0.386. The molecule has 2 amide bonds. The maximum atomic E-state index is 12.5. The summed E-state index contributed by atoms with van der Waals surface area (Å²) in [7, 11) is 5.51. The van der Waals surface area contributed by atoms with E-state index in [1.165, 1.54) is 0 Å². The van der Waals surface area contributed by atoms with Crippen molar-refractivity contribution in [3.8, 4) is 17.1 Å². The van der Waals surface area contributed by atoms with Crippen molar-refractivity contribution in [3.63, 3.8) is 0 Å². The van der Waals surface area contributed by atoms with E-state index in [-0.39, 0.29) is 30.1 Å². The molecule has 1 aromatic carbocycles. The molecule has 1 unspecified atom stereocenters. The minimum absolute atomic E-state index is 0.00547. The van der Waals surface area contributed by atoms with Crippen LogP contribution in [0.4, 0.5) is 5.95 Å². The van der Waals surface area contributed by atoms with Gasteiger partial charge in [0.15, 0.2) is 5.82 Å². The number of aromatic nitrogens is 3. The molecule has 1 aliphatic heterocycles. The number of amides is 2. The number of aromatic amines is 1. The molecule has 0 aliphatic carbocycles. The van der Waals surface area contributed by atoms with Crippen LogP contribution in [0.25, 0.3) is 11.4 Å². The van der Waals surface area contributed by atoms with Gasteiger partial charge in [0, 0.05) is 31.6 Å². The fourth-order valence-corrected chi connectivity index (χ4v) is 2.89. The van der Waals surface area contributed by atoms with Crippen LogP contribution in [0, 0.1) is 5.92 Å². The largest absolute Gasteiger partial charge is 0.497 e. The fourth-order valence-electron chi connectivity index (χ4n) is 2.89. The van der Waals surface area contributed by atoms with Crippen molar-refractivity contribution in [1.82, 2.24) is 25.0 Å². The smallest absolute Gasteiger partial charge is 0.249 e. The summed E-state index contributed by atoms with van der Waals surface area (Å²) < 4.78 is 5.13. The van der Waals surface area contributed by atoms with Gasteiger partial charge in [0.05, 0.1) is 13.0 Å². The summed E-state index contributed by atoms with van der Waals surface area (Å²) in [6.07, 6.45) is 0.217. The van der Waals surface area contributed by atoms with Gasteiger partial charge in [-0.05, 0) is 38.4 Å². The number of likely N-dealkylation sites (tertiary alicyclic amines) is 1. The van der Waals surface area contributed by atoms with E-state index in [1.807, 2.05) is 43.3 Å². The number of methoxy groups -OCH3 is 1. The zero-order valence-electron chi connectivity index (χ0n) is 15.7. The molecule has 2 aromatic rings. The molecule has 2 heterocycles. The van der Waals surface area contributed by atoms with E-state index < -0.39 is 0 Å². The van der Waals surface area contributed by atoms with E-state index in [0.717, 1.165) is 17.9 Å². The molecule has 27 heavy (non-hydrogen) atoms. The highest BCUT2D eigenvalue weighted by molar-refractivity contribution is 5.96. The highest BCUT2D eigenvalue weighted by Crippen LogP contribution is 2.21. The van der Waals surface area contributed by atoms with Crippen molar-refractivity contribution in [2.24, 2.45) is 5.92 Å². The monoisotopic (exact) mass is 372 g/mol. The molecule has 3 rings (SSSR count). The molecule has 1 fully saturated rings. The molecule has 0 spiro atoms. The zero-order chi connectivity index (χ0) is 19.4. The minimum Gasteiger partial charge on any atom is -0.497 e. The van der Waals surface area contributed by atoms with Crippen molar-refractivity contribution in [3.05, 3.63) is 24.3 Å². The Morgan fingerprint density at radius 2 is 2.11 bits per heavy atom. The lowest BCUT2D eigenvalue weighted by molar-refractivity contribution is -0.128. The molecule has 0 saturated carbocycles. The van der Waals surface area contributed by atoms with Crippen LogP contribution in [-0.2, 0) is 9.59 Å². The van der Waals surface area contributed by atoms with E-state index in [0.29, 0.717) is 18.9 Å². The summed E-state index contributed by atoms with van der Waals surface area (Å²) in [5.41, 5.74) is 0.828. The lowest BCUT2D eigenvalue weighted by atomic mass is 10.1. The number of likely N-dealkylation sites (N-methyl/N-ethyl adjacent to an activating group) is 1. The summed E-state index contributed by atoms with van der Waals surface area (Å²) >= 11 is 0. The van der Waals surface area contributed by atoms with Gasteiger partial charge in [0.1, 0.15) is 5.75 Å². The average Bonchev–Trinajstić information content (AvgIpc) is 3.26. The second-order valence-corrected chi connectivity index (χ2v) is 6.77. The number of hydrogen-bond acceptors (Lipinski definition) is 6. The molecule has 144 valence electrons. The molecule has 2 N–H and O–H groups in total. The number of nitrogens with zero attached hydrogens (tertiary/aromatic N) is 4. The SMILES string of the molecule is COc1ccc(-c2nc(NC(=O)C3CC(=O)N(CCN(C)C)C3)n[nH]2)cc1. The summed E-state index contributed by atoms with van der Waals surface area (Å²) in [5.74, 6) is 0.870. The number of carbonyl (C=O) groups is 2. The van der Waals surface area contributed by atoms with Crippen molar-refractivity contribution >= 4 is 17.8 Å². The van der Waals surface area contributed by atoms with Crippen molar-refractivity contribution in [1.29, 1.82) is 0 Å². The van der Waals surface area contributed by atoms with E-state index in [4.69, 9.17) is 4.74 Å². The van der Waals surface area contributed by atoms with E-state index >= 15 is 0 Å². The Kier molecular flexibility index (Phi) is 5.70. The van der Waals surface area contributed by atoms with Gasteiger partial charge in [-0.1, -0.05) is 0 Å². The van der Waals surface area contributed by atoms with Crippen LogP contribution in [0.2, 0.25) is 0 Å². The van der Waals surface area contributed by atoms with E-state index in [1.54, 1.807) is 12.0 Å². The van der Waals surface area contributed by atoms with Crippen molar-refractivity contribution in [2.45, 2.75) is 6.42 Å². The third-order valence-electron chi connectivity index (χ3n) is 4.49. The van der Waals surface area contributed by atoms with E-state index in [2.05, 4.69) is 20.5 Å². The highest BCUT2D eigenvalue weighted by atomic mass is 16.5. The first-order valence-electron chi connectivity index (χ1n) is 8.76. The summed E-state index contributed by atoms with van der Waals surface area (Å²) in [5, 5.41) is 9.54. The van der Waals surface area contributed by atoms with Crippen LogP contribution in [-0.4, -0.2) is 77.6 Å². The Bertz CT molecular complexity index is 802. The second-order valence-electron chi connectivity index (χ2n) is 6.77. The predicted octanol–water partition coefficient (Wildman–Crippen LogP) is 0.829. The molecule has 9 heteroatoms. The van der Waals surface area contributed by atoms with Gasteiger partial charge in [-0.2, -0.15) is 4.98 Å². The molecular formula is C18H24N6O3. The van der Waals surface area contributed by atoms with Gasteiger partial charge in [0.25, 0.3) is 0 Å². The molecular weight excluding hydrogens is 348 g/mol. The van der Waals surface area contributed by atoms with Crippen molar-refractivity contribution in [2.75, 3.05) is 46.2 Å². The maximum Gasteiger partial charge on any atom is 0.249 e. The van der Waals surface area contributed by atoms with Gasteiger partial charge in [-0.25, -0.2) is 0 Å². The maximum absolute atomic E-state index is 12.5. The standard InChI is InChI=1S/C18H24N6O3/c1-23(2)8-9-24-11-13(10-15(24)25)17(26)20-18-19-16(21-22-18)12-4-6-14(27-3)7-5-12/h4-7,13H,8-11H2,1-3H3,(H2,19,20,21,22,26). The highest BCUT2D eigenvalue weighted by Gasteiger charge is 2.34. The Labute approximate surface area is 157 Å². The number of anilines is 1. The van der Waals surface area contributed by atoms with Crippen LogP contribution in [0.15, 0.2) is 24.3 Å². The van der Waals surface area contributed by atoms with Gasteiger partial charge in [-0.3, -0.25) is 20.0 Å². The number of H-pyrrole nitrogens is 1. The van der Waals surface area contributed by atoms with Crippen LogP contribution >= 0.6 is 0 Å².